The number of nitrogens with zero attached hydrogens (tertiary/aromatic N) is 2. The third-order valence-corrected chi connectivity index (χ3v) is 2.55. The summed E-state index contributed by atoms with van der Waals surface area (Å²) in [7, 11) is 0. The molecule has 1 aromatic heterocycles. The van der Waals surface area contributed by atoms with Gasteiger partial charge in [-0.1, -0.05) is 19.9 Å². The average molecular weight is 259 g/mol. The number of aromatic nitrogens is 1. The monoisotopic (exact) mass is 259 g/mol. The molecule has 0 aliphatic rings. The topological polar surface area (TPSA) is 64.0 Å². The van der Waals surface area contributed by atoms with Gasteiger partial charge in [0.05, 0.1) is 5.52 Å². The van der Waals surface area contributed by atoms with Crippen molar-refractivity contribution in [2.75, 3.05) is 6.61 Å². The highest BCUT2D eigenvalue weighted by molar-refractivity contribution is 5.86. The zero-order chi connectivity index (χ0) is 14.3. The SMILES string of the molecule is CC.CC(N)Cn1ccc2c(OCC#N)cccc21. The summed E-state index contributed by atoms with van der Waals surface area (Å²) in [5, 5.41) is 9.54. The smallest absolute Gasteiger partial charge is 0.174 e. The third kappa shape index (κ3) is 3.73. The highest BCUT2D eigenvalue weighted by Gasteiger charge is 2.07. The Morgan fingerprint density at radius 1 is 1.37 bits per heavy atom. The van der Waals surface area contributed by atoms with Crippen molar-refractivity contribution >= 4 is 10.9 Å². The maximum Gasteiger partial charge on any atom is 0.174 e. The normalized spacial score (nSPS) is 11.3. The van der Waals surface area contributed by atoms with Crippen molar-refractivity contribution in [2.24, 2.45) is 5.73 Å². The second kappa shape index (κ2) is 7.45. The van der Waals surface area contributed by atoms with Gasteiger partial charge >= 0.3 is 0 Å². The lowest BCUT2D eigenvalue weighted by Gasteiger charge is -2.09. The molecule has 2 rings (SSSR count). The van der Waals surface area contributed by atoms with Gasteiger partial charge in [0.2, 0.25) is 0 Å². The van der Waals surface area contributed by atoms with E-state index in [-0.39, 0.29) is 12.6 Å². The predicted molar refractivity (Wildman–Crippen MR) is 78.0 cm³/mol. The first-order valence-corrected chi connectivity index (χ1v) is 6.55. The Hall–Kier alpha value is -1.99. The molecule has 1 aromatic carbocycles. The van der Waals surface area contributed by atoms with Gasteiger partial charge in [0.25, 0.3) is 0 Å². The summed E-state index contributed by atoms with van der Waals surface area (Å²) in [4.78, 5) is 0. The lowest BCUT2D eigenvalue weighted by atomic mass is 10.2. The molecule has 2 N–H and O–H groups in total. The Morgan fingerprint density at radius 2 is 2.11 bits per heavy atom. The van der Waals surface area contributed by atoms with Crippen LogP contribution in [0.15, 0.2) is 30.5 Å². The molecule has 0 spiro atoms. The van der Waals surface area contributed by atoms with E-state index in [2.05, 4.69) is 4.57 Å². The van der Waals surface area contributed by atoms with Crippen molar-refractivity contribution in [1.29, 1.82) is 5.26 Å². The Kier molecular flexibility index (Phi) is 5.91. The summed E-state index contributed by atoms with van der Waals surface area (Å²) in [6.45, 7) is 6.81. The van der Waals surface area contributed by atoms with Crippen molar-refractivity contribution in [3.05, 3.63) is 30.5 Å². The fourth-order valence-corrected chi connectivity index (χ4v) is 1.90. The first-order chi connectivity index (χ1) is 9.22. The van der Waals surface area contributed by atoms with E-state index in [4.69, 9.17) is 15.7 Å². The number of nitriles is 1. The molecule has 4 heteroatoms. The van der Waals surface area contributed by atoms with E-state index in [0.717, 1.165) is 23.2 Å². The molecule has 1 heterocycles. The van der Waals surface area contributed by atoms with Gasteiger partial charge in [-0.25, -0.2) is 0 Å². The Labute approximate surface area is 114 Å². The molecule has 0 radical (unpaired) electrons. The van der Waals surface area contributed by atoms with Crippen LogP contribution in [0.25, 0.3) is 10.9 Å². The van der Waals surface area contributed by atoms with E-state index in [1.165, 1.54) is 0 Å². The number of fused-ring (bicyclic) bond motifs is 1. The van der Waals surface area contributed by atoms with Crippen molar-refractivity contribution in [3.63, 3.8) is 0 Å². The summed E-state index contributed by atoms with van der Waals surface area (Å²) in [5.74, 6) is 0.743. The lowest BCUT2D eigenvalue weighted by molar-refractivity contribution is 0.372. The first kappa shape index (κ1) is 15.1. The van der Waals surface area contributed by atoms with Crippen LogP contribution in [0, 0.1) is 11.3 Å². The number of hydrogen-bond donors (Lipinski definition) is 1. The maximum absolute atomic E-state index is 8.53. The molecule has 19 heavy (non-hydrogen) atoms. The number of benzene rings is 1. The third-order valence-electron chi connectivity index (χ3n) is 2.55. The van der Waals surface area contributed by atoms with Crippen LogP contribution < -0.4 is 10.5 Å². The van der Waals surface area contributed by atoms with Gasteiger partial charge in [-0.3, -0.25) is 0 Å². The van der Waals surface area contributed by atoms with Gasteiger partial charge in [-0.05, 0) is 25.1 Å². The molecule has 4 nitrogen and oxygen atoms in total. The van der Waals surface area contributed by atoms with Gasteiger partial charge in [0.15, 0.2) is 6.61 Å². The number of ether oxygens (including phenoxy) is 1. The van der Waals surface area contributed by atoms with Gasteiger partial charge in [-0.15, -0.1) is 0 Å². The molecule has 0 fully saturated rings. The Morgan fingerprint density at radius 3 is 2.74 bits per heavy atom. The highest BCUT2D eigenvalue weighted by atomic mass is 16.5. The Bertz CT molecular complexity index is 552. The minimum atomic E-state index is 0.0670. The predicted octanol–water partition coefficient (Wildman–Crippen LogP) is 2.92. The van der Waals surface area contributed by atoms with E-state index < -0.39 is 0 Å². The van der Waals surface area contributed by atoms with Gasteiger partial charge < -0.3 is 15.0 Å². The van der Waals surface area contributed by atoms with E-state index >= 15 is 0 Å². The lowest BCUT2D eigenvalue weighted by Crippen LogP contribution is -2.21. The minimum absolute atomic E-state index is 0.0670. The summed E-state index contributed by atoms with van der Waals surface area (Å²) >= 11 is 0. The fourth-order valence-electron chi connectivity index (χ4n) is 1.90. The summed E-state index contributed by atoms with van der Waals surface area (Å²) < 4.78 is 7.48. The minimum Gasteiger partial charge on any atom is -0.478 e. The van der Waals surface area contributed by atoms with Crippen molar-refractivity contribution in [2.45, 2.75) is 33.4 Å². The van der Waals surface area contributed by atoms with Crippen LogP contribution >= 0.6 is 0 Å². The van der Waals surface area contributed by atoms with Crippen LogP contribution in [0.2, 0.25) is 0 Å². The summed E-state index contributed by atoms with van der Waals surface area (Å²) in [6.07, 6.45) is 1.99. The molecule has 0 bridgehead atoms. The molecule has 0 aliphatic carbocycles. The van der Waals surface area contributed by atoms with E-state index in [9.17, 15) is 0 Å². The van der Waals surface area contributed by atoms with E-state index in [1.54, 1.807) is 0 Å². The number of rotatable bonds is 4. The van der Waals surface area contributed by atoms with Gasteiger partial charge in [-0.2, -0.15) is 5.26 Å². The van der Waals surface area contributed by atoms with Crippen LogP contribution in [-0.2, 0) is 6.54 Å². The van der Waals surface area contributed by atoms with E-state index in [1.807, 2.05) is 57.3 Å². The van der Waals surface area contributed by atoms with Crippen molar-refractivity contribution in [3.8, 4) is 11.8 Å². The maximum atomic E-state index is 8.53. The highest BCUT2D eigenvalue weighted by Crippen LogP contribution is 2.26. The molecular formula is C15H21N3O. The van der Waals surface area contributed by atoms with Gasteiger partial charge in [0.1, 0.15) is 11.8 Å². The Balaban J connectivity index is 0.000000861. The number of nitrogens with two attached hydrogens (primary N) is 1. The van der Waals surface area contributed by atoms with Crippen LogP contribution in [0.5, 0.6) is 5.75 Å². The van der Waals surface area contributed by atoms with Crippen molar-refractivity contribution in [1.82, 2.24) is 4.57 Å². The second-order valence-corrected chi connectivity index (χ2v) is 4.08. The van der Waals surface area contributed by atoms with Gasteiger partial charge in [0, 0.05) is 24.2 Å². The molecule has 0 amide bonds. The molecule has 0 aliphatic heterocycles. The second-order valence-electron chi connectivity index (χ2n) is 4.08. The zero-order valence-electron chi connectivity index (χ0n) is 11.8. The molecule has 0 saturated carbocycles. The molecule has 2 aromatic rings. The van der Waals surface area contributed by atoms with Crippen molar-refractivity contribution < 1.29 is 4.74 Å². The quantitative estimate of drug-likeness (QED) is 0.918. The average Bonchev–Trinajstić information content (AvgIpc) is 2.82. The largest absolute Gasteiger partial charge is 0.478 e. The van der Waals surface area contributed by atoms with Crippen LogP contribution in [0.4, 0.5) is 0 Å². The number of hydrogen-bond acceptors (Lipinski definition) is 3. The van der Waals surface area contributed by atoms with Crippen LogP contribution in [0.1, 0.15) is 20.8 Å². The molecule has 0 saturated heterocycles. The van der Waals surface area contributed by atoms with Crippen LogP contribution in [-0.4, -0.2) is 17.2 Å². The molecular weight excluding hydrogens is 238 g/mol. The zero-order valence-corrected chi connectivity index (χ0v) is 11.8. The molecule has 102 valence electrons. The fraction of sp³-hybridized carbons (Fsp3) is 0.400. The van der Waals surface area contributed by atoms with E-state index in [0.29, 0.717) is 0 Å². The summed E-state index contributed by atoms with van der Waals surface area (Å²) in [5.41, 5.74) is 6.88. The summed E-state index contributed by atoms with van der Waals surface area (Å²) in [6, 6.07) is 9.89. The molecule has 1 unspecified atom stereocenters. The standard InChI is InChI=1S/C13H15N3O.C2H6/c1-10(15)9-16-7-5-11-12(16)3-2-4-13(11)17-8-6-14;1-2/h2-5,7,10H,8-9,15H2,1H3;1-2H3. The first-order valence-electron chi connectivity index (χ1n) is 6.55. The molecule has 1 atom stereocenters. The van der Waals surface area contributed by atoms with Crippen LogP contribution in [0.3, 0.4) is 0 Å².